The van der Waals surface area contributed by atoms with Gasteiger partial charge in [0.2, 0.25) is 0 Å². The fourth-order valence-electron chi connectivity index (χ4n) is 3.42. The van der Waals surface area contributed by atoms with Gasteiger partial charge in [-0.15, -0.1) is 24.0 Å². The molecule has 1 aliphatic heterocycles. The third kappa shape index (κ3) is 6.56. The summed E-state index contributed by atoms with van der Waals surface area (Å²) < 4.78 is 22.8. The Morgan fingerprint density at radius 3 is 2.52 bits per heavy atom. The normalized spacial score (nSPS) is 15.8. The van der Waals surface area contributed by atoms with Gasteiger partial charge in [0.05, 0.1) is 20.8 Å². The Morgan fingerprint density at radius 1 is 1.13 bits per heavy atom. The van der Waals surface area contributed by atoms with Crippen LogP contribution in [-0.4, -0.2) is 46.0 Å². The summed E-state index contributed by atoms with van der Waals surface area (Å²) in [6.45, 7) is 5.22. The van der Waals surface area contributed by atoms with Gasteiger partial charge in [0.1, 0.15) is 23.7 Å². The van der Waals surface area contributed by atoms with Crippen LogP contribution in [0.25, 0.3) is 0 Å². The van der Waals surface area contributed by atoms with Crippen LogP contribution in [-0.2, 0) is 13.0 Å². The first-order chi connectivity index (χ1) is 14.5. The van der Waals surface area contributed by atoms with Crippen molar-refractivity contribution in [3.8, 4) is 23.0 Å². The van der Waals surface area contributed by atoms with E-state index in [1.165, 1.54) is 5.56 Å². The molecule has 0 bridgehead atoms. The maximum absolute atomic E-state index is 5.98. The lowest BCUT2D eigenvalue weighted by molar-refractivity contribution is 0.213. The zero-order valence-electron chi connectivity index (χ0n) is 18.7. The van der Waals surface area contributed by atoms with Gasteiger partial charge in [-0.25, -0.2) is 0 Å². The first kappa shape index (κ1) is 24.9. The fourth-order valence-corrected chi connectivity index (χ4v) is 3.42. The number of rotatable bonds is 8. The van der Waals surface area contributed by atoms with Crippen LogP contribution in [0.1, 0.15) is 25.0 Å². The average Bonchev–Trinajstić information content (AvgIpc) is 3.12. The third-order valence-corrected chi connectivity index (χ3v) is 4.92. The first-order valence-corrected chi connectivity index (χ1v) is 10.1. The van der Waals surface area contributed by atoms with Crippen molar-refractivity contribution in [1.82, 2.24) is 10.6 Å². The van der Waals surface area contributed by atoms with Crippen LogP contribution >= 0.6 is 24.0 Å². The van der Waals surface area contributed by atoms with Crippen LogP contribution in [0.2, 0.25) is 0 Å². The van der Waals surface area contributed by atoms with E-state index in [2.05, 4.69) is 28.6 Å². The zero-order valence-corrected chi connectivity index (χ0v) is 21.1. The Bertz CT molecular complexity index is 891. The number of para-hydroxylation sites is 2. The van der Waals surface area contributed by atoms with Crippen LogP contribution in [0.4, 0.5) is 0 Å². The number of hydrogen-bond acceptors (Lipinski definition) is 5. The molecule has 0 saturated heterocycles. The largest absolute Gasteiger partial charge is 0.496 e. The molecule has 0 aromatic heterocycles. The van der Waals surface area contributed by atoms with Crippen LogP contribution in [0.5, 0.6) is 23.0 Å². The van der Waals surface area contributed by atoms with Gasteiger partial charge in [-0.3, -0.25) is 4.99 Å². The quantitative estimate of drug-likeness (QED) is 0.301. The Morgan fingerprint density at radius 2 is 1.84 bits per heavy atom. The lowest BCUT2D eigenvalue weighted by atomic mass is 10.1. The lowest BCUT2D eigenvalue weighted by Crippen LogP contribution is -2.41. The first-order valence-electron chi connectivity index (χ1n) is 10.1. The molecule has 2 aromatic rings. The number of ether oxygens (including phenoxy) is 4. The van der Waals surface area contributed by atoms with Gasteiger partial charge in [0.15, 0.2) is 17.5 Å². The average molecular weight is 541 g/mol. The minimum Gasteiger partial charge on any atom is -0.496 e. The Hall–Kier alpha value is -2.36. The number of hydrogen-bond donors (Lipinski definition) is 2. The van der Waals surface area contributed by atoms with Crippen molar-refractivity contribution >= 4 is 29.9 Å². The van der Waals surface area contributed by atoms with Crippen molar-refractivity contribution < 1.29 is 18.9 Å². The number of guanidine groups is 1. The van der Waals surface area contributed by atoms with Crippen LogP contribution in [0.15, 0.2) is 41.4 Å². The molecular weight excluding hydrogens is 509 g/mol. The second kappa shape index (κ2) is 11.9. The van der Waals surface area contributed by atoms with Crippen molar-refractivity contribution in [3.63, 3.8) is 0 Å². The van der Waals surface area contributed by atoms with Gasteiger partial charge >= 0.3 is 0 Å². The summed E-state index contributed by atoms with van der Waals surface area (Å²) in [6.07, 6.45) is 1.03. The summed E-state index contributed by atoms with van der Waals surface area (Å²) in [5, 5.41) is 6.62. The Balaban J connectivity index is 0.00000341. The summed E-state index contributed by atoms with van der Waals surface area (Å²) >= 11 is 0. The van der Waals surface area contributed by atoms with Crippen molar-refractivity contribution in [2.24, 2.45) is 4.99 Å². The van der Waals surface area contributed by atoms with Crippen LogP contribution in [0.3, 0.4) is 0 Å². The van der Waals surface area contributed by atoms with E-state index >= 15 is 0 Å². The summed E-state index contributed by atoms with van der Waals surface area (Å²) in [5.41, 5.74) is 2.21. The van der Waals surface area contributed by atoms with Crippen molar-refractivity contribution in [2.75, 3.05) is 27.8 Å². The Kier molecular flexibility index (Phi) is 9.54. The van der Waals surface area contributed by atoms with Gasteiger partial charge in [-0.05, 0) is 38.1 Å². The van der Waals surface area contributed by atoms with E-state index in [4.69, 9.17) is 18.9 Å². The number of methoxy groups -OCH3 is 2. The van der Waals surface area contributed by atoms with E-state index < -0.39 is 0 Å². The summed E-state index contributed by atoms with van der Waals surface area (Å²) in [7, 11) is 5.07. The number of benzene rings is 2. The molecule has 0 spiro atoms. The molecule has 0 aliphatic carbocycles. The molecule has 31 heavy (non-hydrogen) atoms. The topological polar surface area (TPSA) is 73.3 Å². The molecule has 3 rings (SSSR count). The van der Waals surface area contributed by atoms with Gasteiger partial charge in [0, 0.05) is 31.1 Å². The van der Waals surface area contributed by atoms with Crippen LogP contribution in [0, 0.1) is 0 Å². The van der Waals surface area contributed by atoms with E-state index in [0.29, 0.717) is 30.5 Å². The van der Waals surface area contributed by atoms with E-state index in [1.54, 1.807) is 21.3 Å². The van der Waals surface area contributed by atoms with Crippen LogP contribution < -0.4 is 29.6 Å². The number of halogens is 1. The molecule has 2 atom stereocenters. The molecule has 0 radical (unpaired) electrons. The van der Waals surface area contributed by atoms with E-state index in [9.17, 15) is 0 Å². The van der Waals surface area contributed by atoms with Gasteiger partial charge in [-0.2, -0.15) is 0 Å². The maximum atomic E-state index is 5.98. The minimum absolute atomic E-state index is 0. The number of nitrogens with one attached hydrogen (secondary N) is 2. The highest BCUT2D eigenvalue weighted by Gasteiger charge is 2.21. The van der Waals surface area contributed by atoms with E-state index in [1.807, 2.05) is 37.3 Å². The number of nitrogens with zero attached hydrogens (tertiary/aromatic N) is 1. The highest BCUT2D eigenvalue weighted by Crippen LogP contribution is 2.34. The smallest absolute Gasteiger partial charge is 0.191 e. The van der Waals surface area contributed by atoms with Gasteiger partial charge < -0.3 is 29.6 Å². The number of fused-ring (bicyclic) bond motifs is 1. The lowest BCUT2D eigenvalue weighted by Gasteiger charge is -2.19. The molecule has 8 heteroatoms. The zero-order chi connectivity index (χ0) is 21.5. The fraction of sp³-hybridized carbons (Fsp3) is 0.435. The monoisotopic (exact) mass is 541 g/mol. The molecule has 170 valence electrons. The van der Waals surface area contributed by atoms with Gasteiger partial charge in [-0.1, -0.05) is 12.1 Å². The van der Waals surface area contributed by atoms with Crippen molar-refractivity contribution in [3.05, 3.63) is 47.5 Å². The van der Waals surface area contributed by atoms with E-state index in [-0.39, 0.29) is 36.2 Å². The molecule has 7 nitrogen and oxygen atoms in total. The summed E-state index contributed by atoms with van der Waals surface area (Å²) in [4.78, 5) is 4.30. The van der Waals surface area contributed by atoms with Gasteiger partial charge in [0.25, 0.3) is 0 Å². The molecule has 2 N–H and O–H groups in total. The molecule has 2 aromatic carbocycles. The maximum Gasteiger partial charge on any atom is 0.191 e. The summed E-state index contributed by atoms with van der Waals surface area (Å²) in [6, 6.07) is 11.7. The second-order valence-electron chi connectivity index (χ2n) is 7.29. The predicted molar refractivity (Wildman–Crippen MR) is 133 cm³/mol. The Labute approximate surface area is 201 Å². The van der Waals surface area contributed by atoms with Crippen molar-refractivity contribution in [2.45, 2.75) is 39.0 Å². The van der Waals surface area contributed by atoms with E-state index in [0.717, 1.165) is 23.5 Å². The molecule has 0 fully saturated rings. The number of aliphatic imine (C=N–C) groups is 1. The molecular formula is C23H32IN3O4. The molecule has 1 heterocycles. The third-order valence-electron chi connectivity index (χ3n) is 4.92. The second-order valence-corrected chi connectivity index (χ2v) is 7.29. The summed E-state index contributed by atoms with van der Waals surface area (Å²) in [5.74, 6) is 3.90. The molecule has 1 aliphatic rings. The predicted octanol–water partition coefficient (Wildman–Crippen LogP) is 3.78. The molecule has 2 unspecified atom stereocenters. The highest BCUT2D eigenvalue weighted by molar-refractivity contribution is 14.0. The molecule has 0 saturated carbocycles. The minimum atomic E-state index is -0.0794. The SMILES string of the molecule is CN=C(NCc1cc2c(cc1OC)CC(C)O2)NCC(C)Oc1ccccc1OC.I. The standard InChI is InChI=1S/C23H31N3O4.HI/c1-15-10-17-11-21(28-5)18(12-22(17)29-15)14-26-23(24-3)25-13-16(2)30-20-9-7-6-8-19(20)27-4;/h6-9,11-12,15-16H,10,13-14H2,1-5H3,(H2,24,25,26);1H. The molecule has 0 amide bonds. The highest BCUT2D eigenvalue weighted by atomic mass is 127. The van der Waals surface area contributed by atoms with Crippen molar-refractivity contribution in [1.29, 1.82) is 0 Å².